The van der Waals surface area contributed by atoms with E-state index in [1.54, 1.807) is 0 Å². The van der Waals surface area contributed by atoms with E-state index in [1.807, 2.05) is 0 Å². The molecule has 0 N–H and O–H groups in total. The summed E-state index contributed by atoms with van der Waals surface area (Å²) >= 11 is 0. The molecule has 0 spiro atoms. The summed E-state index contributed by atoms with van der Waals surface area (Å²) in [4.78, 5) is 2.51. The molecule has 0 unspecified atom stereocenters. The summed E-state index contributed by atoms with van der Waals surface area (Å²) in [5, 5.41) is 2.49. The number of fused-ring (bicyclic) bond motifs is 9. The highest BCUT2D eigenvalue weighted by molar-refractivity contribution is 6.09. The molecule has 14 rings (SSSR count). The van der Waals surface area contributed by atoms with Crippen molar-refractivity contribution in [1.29, 1.82) is 0 Å². The summed E-state index contributed by atoms with van der Waals surface area (Å²) in [6.45, 7) is 0. The van der Waals surface area contributed by atoms with Gasteiger partial charge in [0.1, 0.15) is 0 Å². The van der Waals surface area contributed by atoms with Crippen LogP contribution in [0.3, 0.4) is 0 Å². The van der Waals surface area contributed by atoms with Crippen molar-refractivity contribution in [2.75, 3.05) is 4.90 Å². The Labute approximate surface area is 408 Å². The molecule has 11 aromatic carbocycles. The zero-order chi connectivity index (χ0) is 46.2. The highest BCUT2D eigenvalue weighted by atomic mass is 15.1. The zero-order valence-corrected chi connectivity index (χ0v) is 38.5. The van der Waals surface area contributed by atoms with Gasteiger partial charge in [-0.1, -0.05) is 231 Å². The first kappa shape index (κ1) is 40.1. The number of aromatic nitrogens is 1. The van der Waals surface area contributed by atoms with Crippen LogP contribution < -0.4 is 4.90 Å². The molecule has 0 saturated carbocycles. The third-order valence-corrected chi connectivity index (χ3v) is 15.3. The van der Waals surface area contributed by atoms with Crippen LogP contribution in [0.2, 0.25) is 0 Å². The topological polar surface area (TPSA) is 8.17 Å². The van der Waals surface area contributed by atoms with Crippen LogP contribution in [0.25, 0.3) is 49.7 Å². The van der Waals surface area contributed by atoms with Crippen LogP contribution in [0, 0.1) is 0 Å². The summed E-state index contributed by atoms with van der Waals surface area (Å²) in [6.07, 6.45) is 0. The fourth-order valence-corrected chi connectivity index (χ4v) is 12.6. The molecule has 2 aliphatic rings. The normalized spacial score (nSPS) is 13.7. The third-order valence-electron chi connectivity index (χ3n) is 15.3. The Kier molecular flexibility index (Phi) is 9.06. The first-order valence-electron chi connectivity index (χ1n) is 24.3. The van der Waals surface area contributed by atoms with Gasteiger partial charge in [-0.25, -0.2) is 0 Å². The van der Waals surface area contributed by atoms with Crippen molar-refractivity contribution in [3.05, 3.63) is 324 Å². The Hall–Kier alpha value is -8.98. The van der Waals surface area contributed by atoms with Crippen molar-refractivity contribution in [3.8, 4) is 27.9 Å². The molecular weight excluding hydrogens is 845 g/mol. The first-order chi connectivity index (χ1) is 34.8. The van der Waals surface area contributed by atoms with Crippen molar-refractivity contribution >= 4 is 38.9 Å². The van der Waals surface area contributed by atoms with Gasteiger partial charge < -0.3 is 9.47 Å². The molecule has 0 aliphatic heterocycles. The predicted octanol–water partition coefficient (Wildman–Crippen LogP) is 17.0. The van der Waals surface area contributed by atoms with Gasteiger partial charge in [-0.05, 0) is 110 Å². The van der Waals surface area contributed by atoms with Gasteiger partial charge in [-0.3, -0.25) is 0 Å². The van der Waals surface area contributed by atoms with Gasteiger partial charge in [-0.15, -0.1) is 0 Å². The minimum absolute atomic E-state index is 0.508. The average Bonchev–Trinajstić information content (AvgIpc) is 4.06. The zero-order valence-electron chi connectivity index (χ0n) is 38.5. The molecule has 0 atom stereocenters. The van der Waals surface area contributed by atoms with Gasteiger partial charge in [0.15, 0.2) is 0 Å². The molecular formula is C68H46N2. The van der Waals surface area contributed by atoms with E-state index in [4.69, 9.17) is 0 Å². The van der Waals surface area contributed by atoms with E-state index in [0.717, 1.165) is 22.7 Å². The number of benzene rings is 11. The predicted molar refractivity (Wildman–Crippen MR) is 290 cm³/mol. The van der Waals surface area contributed by atoms with Crippen LogP contribution in [-0.2, 0) is 10.8 Å². The molecule has 70 heavy (non-hydrogen) atoms. The quantitative estimate of drug-likeness (QED) is 0.148. The Morgan fingerprint density at radius 1 is 0.286 bits per heavy atom. The lowest BCUT2D eigenvalue weighted by molar-refractivity contribution is 0.768. The first-order valence-corrected chi connectivity index (χ1v) is 24.3. The van der Waals surface area contributed by atoms with Gasteiger partial charge in [0.2, 0.25) is 0 Å². The Balaban J connectivity index is 1.04. The van der Waals surface area contributed by atoms with Gasteiger partial charge in [0, 0.05) is 33.4 Å². The van der Waals surface area contributed by atoms with E-state index in [9.17, 15) is 0 Å². The van der Waals surface area contributed by atoms with E-state index in [-0.39, 0.29) is 0 Å². The highest BCUT2D eigenvalue weighted by Gasteiger charge is 2.48. The maximum atomic E-state index is 2.51. The Morgan fingerprint density at radius 2 is 0.700 bits per heavy atom. The van der Waals surface area contributed by atoms with E-state index < -0.39 is 10.8 Å². The van der Waals surface area contributed by atoms with Gasteiger partial charge in [0.25, 0.3) is 0 Å². The van der Waals surface area contributed by atoms with Crippen molar-refractivity contribution in [2.45, 2.75) is 10.8 Å². The number of para-hydroxylation sites is 2. The van der Waals surface area contributed by atoms with E-state index in [1.165, 1.54) is 88.6 Å². The number of nitrogens with zero attached hydrogens (tertiary/aromatic N) is 2. The van der Waals surface area contributed by atoms with Gasteiger partial charge in [0.05, 0.1) is 27.6 Å². The molecule has 2 nitrogen and oxygen atoms in total. The van der Waals surface area contributed by atoms with Crippen molar-refractivity contribution in [2.24, 2.45) is 0 Å². The van der Waals surface area contributed by atoms with E-state index in [2.05, 4.69) is 289 Å². The lowest BCUT2D eigenvalue weighted by atomic mass is 9.67. The summed E-state index contributed by atoms with van der Waals surface area (Å²) in [6, 6.07) is 104. The fourth-order valence-electron chi connectivity index (χ4n) is 12.6. The van der Waals surface area contributed by atoms with Crippen molar-refractivity contribution < 1.29 is 0 Å². The number of anilines is 3. The van der Waals surface area contributed by atoms with Gasteiger partial charge in [-0.2, -0.15) is 0 Å². The minimum atomic E-state index is -0.546. The smallest absolute Gasteiger partial charge is 0.0714 e. The highest BCUT2D eigenvalue weighted by Crippen LogP contribution is 2.60. The molecule has 0 fully saturated rings. The SMILES string of the molecule is c1ccc(C2(c3ccc(N(c4cccc(-n5c6ccccc6c6ccccc65)c4)c4cccc5c4-c4ccccc4C5(c4ccccc4)c4ccccc4)cc3)c3ccccc3-c3ccccc32)cc1. The average molecular weight is 891 g/mol. The number of rotatable bonds is 8. The number of hydrogen-bond acceptors (Lipinski definition) is 1. The lowest BCUT2D eigenvalue weighted by Gasteiger charge is -2.35. The molecule has 2 heteroatoms. The second-order valence-corrected chi connectivity index (χ2v) is 18.7. The van der Waals surface area contributed by atoms with Crippen LogP contribution in [0.4, 0.5) is 17.1 Å². The van der Waals surface area contributed by atoms with Gasteiger partial charge >= 0.3 is 0 Å². The molecule has 2 aliphatic carbocycles. The summed E-state index contributed by atoms with van der Waals surface area (Å²) in [5.74, 6) is 0. The van der Waals surface area contributed by atoms with Crippen LogP contribution in [-0.4, -0.2) is 4.57 Å². The summed E-state index contributed by atoms with van der Waals surface area (Å²) in [7, 11) is 0. The summed E-state index contributed by atoms with van der Waals surface area (Å²) < 4.78 is 2.43. The molecule has 12 aromatic rings. The molecule has 0 bridgehead atoms. The second kappa shape index (κ2) is 15.8. The Morgan fingerprint density at radius 3 is 1.26 bits per heavy atom. The third kappa shape index (κ3) is 5.62. The maximum absolute atomic E-state index is 2.51. The van der Waals surface area contributed by atoms with Crippen LogP contribution in [0.5, 0.6) is 0 Å². The second-order valence-electron chi connectivity index (χ2n) is 18.7. The monoisotopic (exact) mass is 890 g/mol. The van der Waals surface area contributed by atoms with E-state index >= 15 is 0 Å². The van der Waals surface area contributed by atoms with Crippen molar-refractivity contribution in [1.82, 2.24) is 4.57 Å². The van der Waals surface area contributed by atoms with Crippen molar-refractivity contribution in [3.63, 3.8) is 0 Å². The fraction of sp³-hybridized carbons (Fsp3) is 0.0294. The van der Waals surface area contributed by atoms with Crippen LogP contribution >= 0.6 is 0 Å². The largest absolute Gasteiger partial charge is 0.310 e. The van der Waals surface area contributed by atoms with E-state index in [0.29, 0.717) is 0 Å². The minimum Gasteiger partial charge on any atom is -0.310 e. The molecule has 328 valence electrons. The molecule has 0 saturated heterocycles. The molecule has 1 aromatic heterocycles. The molecule has 0 amide bonds. The maximum Gasteiger partial charge on any atom is 0.0714 e. The van der Waals surface area contributed by atoms with Crippen LogP contribution in [0.15, 0.2) is 279 Å². The Bertz CT molecular complexity index is 3800. The molecule has 0 radical (unpaired) electrons. The summed E-state index contributed by atoms with van der Waals surface area (Å²) in [5.41, 5.74) is 20.9. The standard InChI is InChI=1S/C68H46N2/c1-4-22-47(23-5-1)67(59-35-15-10-30-54(59)55-31-11-16-36-60(55)67)50-42-44-51(45-43-50)69(52-28-20-29-53(46-52)70-63-39-18-13-32-56(63)57-33-14-19-40-64(57)70)65-41-21-38-62-66(65)58-34-12-17-37-61(58)68(62,48-24-6-2-7-25-48)49-26-8-3-9-27-49/h1-46H. The lowest BCUT2D eigenvalue weighted by Crippen LogP contribution is -2.28. The number of hydrogen-bond donors (Lipinski definition) is 0. The molecule has 1 heterocycles. The van der Waals surface area contributed by atoms with Crippen LogP contribution in [0.1, 0.15) is 44.5 Å².